The highest BCUT2D eigenvalue weighted by Gasteiger charge is 2.25. The molecule has 2 aromatic rings. The summed E-state index contributed by atoms with van der Waals surface area (Å²) in [5, 5.41) is 4.06. The number of thiazole rings is 1. The number of aryl methyl sites for hydroxylation is 3. The first-order valence-electron chi connectivity index (χ1n) is 8.24. The van der Waals surface area contributed by atoms with Gasteiger partial charge in [-0.3, -0.25) is 4.90 Å². The maximum atomic E-state index is 5.28. The number of nitrogens with zero attached hydrogens (tertiary/aromatic N) is 4. The van der Waals surface area contributed by atoms with Crippen molar-refractivity contribution in [2.24, 2.45) is 5.92 Å². The van der Waals surface area contributed by atoms with Crippen LogP contribution in [0.25, 0.3) is 0 Å². The minimum absolute atomic E-state index is 0.744. The van der Waals surface area contributed by atoms with E-state index in [1.807, 2.05) is 19.4 Å². The van der Waals surface area contributed by atoms with Crippen LogP contribution in [0.3, 0.4) is 0 Å². The van der Waals surface area contributed by atoms with Gasteiger partial charge >= 0.3 is 0 Å². The Morgan fingerprint density at radius 2 is 2.17 bits per heavy atom. The van der Waals surface area contributed by atoms with Gasteiger partial charge in [0.1, 0.15) is 5.76 Å². The van der Waals surface area contributed by atoms with E-state index in [9.17, 15) is 0 Å². The van der Waals surface area contributed by atoms with Crippen molar-refractivity contribution in [2.75, 3.05) is 26.7 Å². The van der Waals surface area contributed by atoms with Gasteiger partial charge in [0.25, 0.3) is 0 Å². The quantitative estimate of drug-likeness (QED) is 0.812. The number of aromatic nitrogens is 2. The fourth-order valence-electron chi connectivity index (χ4n) is 3.39. The first kappa shape index (κ1) is 16.6. The zero-order valence-electron chi connectivity index (χ0n) is 14.5. The number of hydrogen-bond donors (Lipinski definition) is 0. The highest BCUT2D eigenvalue weighted by molar-refractivity contribution is 7.09. The molecule has 0 N–H and O–H groups in total. The van der Waals surface area contributed by atoms with Crippen molar-refractivity contribution >= 4 is 11.3 Å². The van der Waals surface area contributed by atoms with Crippen LogP contribution in [-0.2, 0) is 13.1 Å². The average Bonchev–Trinajstić information content (AvgIpc) is 3.18. The summed E-state index contributed by atoms with van der Waals surface area (Å²) in [5.74, 6) is 1.71. The Balaban J connectivity index is 1.49. The van der Waals surface area contributed by atoms with E-state index < -0.39 is 0 Å². The van der Waals surface area contributed by atoms with Crippen LogP contribution in [0, 0.1) is 26.7 Å². The van der Waals surface area contributed by atoms with E-state index in [-0.39, 0.29) is 0 Å². The Hall–Kier alpha value is -1.24. The van der Waals surface area contributed by atoms with Crippen molar-refractivity contribution < 1.29 is 4.52 Å². The zero-order valence-corrected chi connectivity index (χ0v) is 15.3. The summed E-state index contributed by atoms with van der Waals surface area (Å²) in [4.78, 5) is 10.7. The van der Waals surface area contributed by atoms with E-state index in [4.69, 9.17) is 4.52 Å². The normalized spacial score (nSPS) is 19.1. The molecule has 0 spiro atoms. The molecule has 3 heterocycles. The Kier molecular flexibility index (Phi) is 5.14. The summed E-state index contributed by atoms with van der Waals surface area (Å²) in [6, 6.07) is 0. The number of likely N-dealkylation sites (tertiary alicyclic amines) is 1. The van der Waals surface area contributed by atoms with Crippen molar-refractivity contribution in [3.63, 3.8) is 0 Å². The van der Waals surface area contributed by atoms with Crippen molar-refractivity contribution in [3.05, 3.63) is 33.1 Å². The molecule has 3 rings (SSSR count). The molecule has 2 aromatic heterocycles. The third-order valence-corrected chi connectivity index (χ3v) is 5.68. The molecular weight excluding hydrogens is 308 g/mol. The van der Waals surface area contributed by atoms with Gasteiger partial charge in [-0.2, -0.15) is 0 Å². The molecular formula is C17H26N4OS. The zero-order chi connectivity index (χ0) is 16.4. The van der Waals surface area contributed by atoms with Crippen LogP contribution in [0.1, 0.15) is 34.0 Å². The molecule has 0 saturated carbocycles. The van der Waals surface area contributed by atoms with Gasteiger partial charge in [-0.25, -0.2) is 4.98 Å². The summed E-state index contributed by atoms with van der Waals surface area (Å²) in [5.41, 5.74) is 5.41. The van der Waals surface area contributed by atoms with E-state index in [0.717, 1.165) is 43.6 Å². The average molecular weight is 334 g/mol. The second-order valence-corrected chi connectivity index (χ2v) is 7.69. The maximum absolute atomic E-state index is 5.28. The van der Waals surface area contributed by atoms with Gasteiger partial charge in [0.15, 0.2) is 0 Å². The van der Waals surface area contributed by atoms with E-state index in [2.05, 4.69) is 33.9 Å². The van der Waals surface area contributed by atoms with Gasteiger partial charge in [0.2, 0.25) is 0 Å². The lowest BCUT2D eigenvalue weighted by Crippen LogP contribution is -2.28. The molecule has 6 heteroatoms. The van der Waals surface area contributed by atoms with Crippen LogP contribution in [0.15, 0.2) is 10.0 Å². The molecule has 1 aliphatic heterocycles. The lowest BCUT2D eigenvalue weighted by molar-refractivity contribution is 0.255. The smallest absolute Gasteiger partial charge is 0.138 e. The van der Waals surface area contributed by atoms with Crippen LogP contribution in [0.4, 0.5) is 0 Å². The lowest BCUT2D eigenvalue weighted by atomic mass is 10.1. The van der Waals surface area contributed by atoms with Crippen LogP contribution >= 0.6 is 11.3 Å². The molecule has 1 unspecified atom stereocenters. The van der Waals surface area contributed by atoms with Gasteiger partial charge in [0.05, 0.1) is 16.9 Å². The predicted octanol–water partition coefficient (Wildman–Crippen LogP) is 3.01. The SMILES string of the molecule is Cc1ncsc1CN(C)CC1CCN(Cc2c(C)noc2C)C1. The molecule has 1 fully saturated rings. The topological polar surface area (TPSA) is 45.4 Å². The Morgan fingerprint density at radius 3 is 2.83 bits per heavy atom. The molecule has 1 atom stereocenters. The van der Waals surface area contributed by atoms with Crippen LogP contribution in [0.5, 0.6) is 0 Å². The van der Waals surface area contributed by atoms with Gasteiger partial charge in [-0.1, -0.05) is 5.16 Å². The third kappa shape index (κ3) is 4.00. The number of rotatable bonds is 6. The summed E-state index contributed by atoms with van der Waals surface area (Å²) in [6.07, 6.45) is 1.27. The fraction of sp³-hybridized carbons (Fsp3) is 0.647. The van der Waals surface area contributed by atoms with Crippen molar-refractivity contribution in [1.29, 1.82) is 0 Å². The Bertz CT molecular complexity index is 631. The molecule has 5 nitrogen and oxygen atoms in total. The molecule has 0 bridgehead atoms. The second kappa shape index (κ2) is 7.11. The van der Waals surface area contributed by atoms with E-state index in [1.165, 1.54) is 29.1 Å². The Labute approximate surface area is 142 Å². The minimum atomic E-state index is 0.744. The molecule has 1 saturated heterocycles. The van der Waals surface area contributed by atoms with Crippen molar-refractivity contribution in [2.45, 2.75) is 40.3 Å². The Morgan fingerprint density at radius 1 is 1.35 bits per heavy atom. The minimum Gasteiger partial charge on any atom is -0.361 e. The van der Waals surface area contributed by atoms with Gasteiger partial charge in [0, 0.05) is 36.6 Å². The highest BCUT2D eigenvalue weighted by atomic mass is 32.1. The van der Waals surface area contributed by atoms with Crippen molar-refractivity contribution in [1.82, 2.24) is 19.9 Å². The summed E-state index contributed by atoms with van der Waals surface area (Å²) < 4.78 is 5.28. The summed E-state index contributed by atoms with van der Waals surface area (Å²) >= 11 is 1.76. The highest BCUT2D eigenvalue weighted by Crippen LogP contribution is 2.23. The molecule has 23 heavy (non-hydrogen) atoms. The van der Waals surface area contributed by atoms with Crippen LogP contribution < -0.4 is 0 Å². The van der Waals surface area contributed by atoms with Gasteiger partial charge < -0.3 is 9.42 Å². The first-order chi connectivity index (χ1) is 11.0. The van der Waals surface area contributed by atoms with E-state index in [0.29, 0.717) is 0 Å². The lowest BCUT2D eigenvalue weighted by Gasteiger charge is -2.21. The largest absolute Gasteiger partial charge is 0.361 e. The molecule has 1 aliphatic rings. The molecule has 0 aliphatic carbocycles. The molecule has 0 amide bonds. The predicted molar refractivity (Wildman–Crippen MR) is 92.5 cm³/mol. The van der Waals surface area contributed by atoms with Gasteiger partial charge in [-0.15, -0.1) is 11.3 Å². The van der Waals surface area contributed by atoms with E-state index >= 15 is 0 Å². The maximum Gasteiger partial charge on any atom is 0.138 e. The monoisotopic (exact) mass is 334 g/mol. The van der Waals surface area contributed by atoms with Gasteiger partial charge in [-0.05, 0) is 46.7 Å². The summed E-state index contributed by atoms with van der Waals surface area (Å²) in [6.45, 7) is 11.6. The molecule has 0 radical (unpaired) electrons. The number of hydrogen-bond acceptors (Lipinski definition) is 6. The summed E-state index contributed by atoms with van der Waals surface area (Å²) in [7, 11) is 2.22. The standard InChI is InChI=1S/C17H26N4OS/c1-12-16(14(3)22-19-12)9-21-6-5-15(8-21)7-20(4)10-17-13(2)18-11-23-17/h11,15H,5-10H2,1-4H3. The first-order valence-corrected chi connectivity index (χ1v) is 9.12. The van der Waals surface area contributed by atoms with E-state index in [1.54, 1.807) is 11.3 Å². The molecule has 0 aromatic carbocycles. The molecule has 126 valence electrons. The second-order valence-electron chi connectivity index (χ2n) is 6.75. The van der Waals surface area contributed by atoms with Crippen LogP contribution in [0.2, 0.25) is 0 Å². The third-order valence-electron chi connectivity index (χ3n) is 4.76. The fourth-order valence-corrected chi connectivity index (χ4v) is 4.24. The van der Waals surface area contributed by atoms with Crippen molar-refractivity contribution in [3.8, 4) is 0 Å². The van der Waals surface area contributed by atoms with Crippen LogP contribution in [-0.4, -0.2) is 46.6 Å².